The number of rotatable bonds is 5. The summed E-state index contributed by atoms with van der Waals surface area (Å²) in [7, 11) is 0. The average molecular weight is 346 g/mol. The third kappa shape index (κ3) is 4.86. The van der Waals surface area contributed by atoms with Crippen LogP contribution in [0.25, 0.3) is 0 Å². The van der Waals surface area contributed by atoms with Gasteiger partial charge in [-0.1, -0.05) is 0 Å². The van der Waals surface area contributed by atoms with Crippen LogP contribution < -0.4 is 5.32 Å². The zero-order valence-electron chi connectivity index (χ0n) is 14.6. The lowest BCUT2D eigenvalue weighted by Gasteiger charge is -2.26. The Morgan fingerprint density at radius 3 is 2.46 bits per heavy atom. The van der Waals surface area contributed by atoms with Gasteiger partial charge in [0.05, 0.1) is 19.1 Å². The summed E-state index contributed by atoms with van der Waals surface area (Å²) in [5.74, 6) is -2.95. The van der Waals surface area contributed by atoms with Crippen LogP contribution in [0, 0.1) is 0 Å². The Morgan fingerprint density at radius 1 is 1.17 bits per heavy atom. The zero-order valence-corrected chi connectivity index (χ0v) is 14.6. The van der Waals surface area contributed by atoms with E-state index in [1.165, 1.54) is 0 Å². The first-order valence-electron chi connectivity index (χ1n) is 8.76. The van der Waals surface area contributed by atoms with Crippen molar-refractivity contribution >= 4 is 11.8 Å². The van der Waals surface area contributed by atoms with Crippen LogP contribution in [-0.4, -0.2) is 90.8 Å². The van der Waals surface area contributed by atoms with E-state index in [0.29, 0.717) is 39.3 Å². The molecule has 1 unspecified atom stereocenters. The normalized spacial score (nSPS) is 24.7. The molecule has 2 saturated heterocycles. The quantitative estimate of drug-likeness (QED) is 0.782. The van der Waals surface area contributed by atoms with Gasteiger partial charge in [-0.05, 0) is 20.3 Å². The van der Waals surface area contributed by atoms with E-state index in [2.05, 4.69) is 5.32 Å². The maximum Gasteiger partial charge on any atom is 0.262 e. The largest absolute Gasteiger partial charge is 0.342 e. The summed E-state index contributed by atoms with van der Waals surface area (Å²) in [5.41, 5.74) is 0. The molecule has 24 heavy (non-hydrogen) atoms. The number of alkyl halides is 2. The number of halogens is 2. The number of amides is 2. The lowest BCUT2D eigenvalue weighted by atomic mass is 10.1. The Labute approximate surface area is 142 Å². The summed E-state index contributed by atoms with van der Waals surface area (Å²) < 4.78 is 26.5. The zero-order chi connectivity index (χ0) is 17.7. The first-order chi connectivity index (χ1) is 11.4. The van der Waals surface area contributed by atoms with Crippen molar-refractivity contribution in [1.82, 2.24) is 20.0 Å². The molecule has 8 heteroatoms. The molecule has 0 bridgehead atoms. The van der Waals surface area contributed by atoms with E-state index < -0.39 is 24.9 Å². The molecule has 0 aromatic heterocycles. The monoisotopic (exact) mass is 346 g/mol. The van der Waals surface area contributed by atoms with Crippen LogP contribution in [0.4, 0.5) is 8.78 Å². The van der Waals surface area contributed by atoms with Gasteiger partial charge in [-0.15, -0.1) is 0 Å². The fourth-order valence-electron chi connectivity index (χ4n) is 3.33. The second-order valence-corrected chi connectivity index (χ2v) is 6.51. The Kier molecular flexibility index (Phi) is 6.51. The second-order valence-electron chi connectivity index (χ2n) is 6.51. The number of nitrogens with zero attached hydrogens (tertiary/aromatic N) is 3. The minimum atomic E-state index is -2.80. The van der Waals surface area contributed by atoms with Crippen molar-refractivity contribution in [3.63, 3.8) is 0 Å². The third-order valence-corrected chi connectivity index (χ3v) is 4.78. The highest BCUT2D eigenvalue weighted by atomic mass is 19.3. The van der Waals surface area contributed by atoms with Crippen LogP contribution in [0.2, 0.25) is 0 Å². The molecule has 2 aliphatic heterocycles. The molecular formula is C16H28F2N4O2. The minimum Gasteiger partial charge on any atom is -0.342 e. The molecule has 6 nitrogen and oxygen atoms in total. The first kappa shape index (κ1) is 19.1. The minimum absolute atomic E-state index is 0.0943. The number of hydrogen-bond acceptors (Lipinski definition) is 4. The average Bonchev–Trinajstić information content (AvgIpc) is 2.75. The number of hydrogen-bond donors (Lipinski definition) is 1. The summed E-state index contributed by atoms with van der Waals surface area (Å²) >= 11 is 0. The van der Waals surface area contributed by atoms with Crippen LogP contribution in [-0.2, 0) is 9.59 Å². The van der Waals surface area contributed by atoms with Crippen molar-refractivity contribution in [1.29, 1.82) is 0 Å². The summed E-state index contributed by atoms with van der Waals surface area (Å²) in [6, 6.07) is -0.788. The van der Waals surface area contributed by atoms with Gasteiger partial charge in [-0.3, -0.25) is 19.8 Å². The lowest BCUT2D eigenvalue weighted by Crippen LogP contribution is -2.45. The smallest absolute Gasteiger partial charge is 0.262 e. The topological polar surface area (TPSA) is 55.9 Å². The highest BCUT2D eigenvalue weighted by Gasteiger charge is 2.43. The van der Waals surface area contributed by atoms with Crippen LogP contribution in [0.5, 0.6) is 0 Å². The summed E-state index contributed by atoms with van der Waals surface area (Å²) in [5, 5.41) is 2.62. The maximum atomic E-state index is 13.3. The van der Waals surface area contributed by atoms with E-state index in [4.69, 9.17) is 0 Å². The van der Waals surface area contributed by atoms with Gasteiger partial charge in [-0.2, -0.15) is 0 Å². The first-order valence-corrected chi connectivity index (χ1v) is 8.76. The number of carbonyl (C=O) groups excluding carboxylic acids is 2. The fraction of sp³-hybridized carbons (Fsp3) is 0.875. The van der Waals surface area contributed by atoms with E-state index in [0.717, 1.165) is 13.0 Å². The molecule has 0 aliphatic carbocycles. The Bertz CT molecular complexity index is 457. The number of nitrogens with one attached hydrogen (secondary N) is 1. The third-order valence-electron chi connectivity index (χ3n) is 4.78. The highest BCUT2D eigenvalue weighted by Crippen LogP contribution is 2.26. The van der Waals surface area contributed by atoms with Crippen molar-refractivity contribution in [3.05, 3.63) is 0 Å². The van der Waals surface area contributed by atoms with E-state index in [9.17, 15) is 18.4 Å². The van der Waals surface area contributed by atoms with E-state index in [-0.39, 0.29) is 11.8 Å². The van der Waals surface area contributed by atoms with Crippen molar-refractivity contribution in [3.8, 4) is 0 Å². The Hall–Kier alpha value is -1.28. The summed E-state index contributed by atoms with van der Waals surface area (Å²) in [6.45, 7) is 7.58. The number of likely N-dealkylation sites (N-methyl/N-ethyl adjacent to an activating group) is 1. The van der Waals surface area contributed by atoms with Gasteiger partial charge >= 0.3 is 0 Å². The second kappa shape index (κ2) is 8.20. The van der Waals surface area contributed by atoms with Gasteiger partial charge in [0.2, 0.25) is 11.8 Å². The van der Waals surface area contributed by atoms with Gasteiger partial charge in [0, 0.05) is 45.7 Å². The molecule has 0 spiro atoms. The summed E-state index contributed by atoms with van der Waals surface area (Å²) in [4.78, 5) is 30.1. The van der Waals surface area contributed by atoms with Crippen LogP contribution >= 0.6 is 0 Å². The molecule has 138 valence electrons. The lowest BCUT2D eigenvalue weighted by molar-refractivity contribution is -0.133. The highest BCUT2D eigenvalue weighted by molar-refractivity contribution is 5.82. The van der Waals surface area contributed by atoms with Crippen molar-refractivity contribution in [2.75, 3.05) is 52.4 Å². The molecule has 0 aromatic rings. The van der Waals surface area contributed by atoms with E-state index in [1.807, 2.05) is 18.7 Å². The van der Waals surface area contributed by atoms with Gasteiger partial charge in [0.25, 0.3) is 5.92 Å². The number of carbonyl (C=O) groups is 2. The Balaban J connectivity index is 1.84. The van der Waals surface area contributed by atoms with Gasteiger partial charge in [0.15, 0.2) is 0 Å². The molecule has 2 aliphatic rings. The molecule has 1 atom stereocenters. The Morgan fingerprint density at radius 2 is 1.88 bits per heavy atom. The molecule has 1 N–H and O–H groups in total. The predicted octanol–water partition coefficient (Wildman–Crippen LogP) is 0.386. The van der Waals surface area contributed by atoms with Gasteiger partial charge < -0.3 is 9.80 Å². The molecule has 0 saturated carbocycles. The fourth-order valence-corrected chi connectivity index (χ4v) is 3.33. The molecule has 0 aromatic carbocycles. The van der Waals surface area contributed by atoms with Crippen LogP contribution in [0.1, 0.15) is 26.7 Å². The van der Waals surface area contributed by atoms with Crippen molar-refractivity contribution < 1.29 is 18.4 Å². The molecule has 2 fully saturated rings. The van der Waals surface area contributed by atoms with E-state index in [1.54, 1.807) is 9.80 Å². The molecule has 2 amide bonds. The van der Waals surface area contributed by atoms with Crippen LogP contribution in [0.3, 0.4) is 0 Å². The standard InChI is InChI=1S/C16H28F2N4O2/c1-3-21(4-2)14(23)11-20-6-5-7-22(9-8-20)15(24)13-10-16(17,18)12-19-13/h13,19H,3-12H2,1-2H3. The van der Waals surface area contributed by atoms with Crippen molar-refractivity contribution in [2.45, 2.75) is 38.7 Å². The van der Waals surface area contributed by atoms with Crippen LogP contribution in [0.15, 0.2) is 0 Å². The molecule has 0 radical (unpaired) electrons. The summed E-state index contributed by atoms with van der Waals surface area (Å²) in [6.07, 6.45) is 0.326. The predicted molar refractivity (Wildman–Crippen MR) is 86.9 cm³/mol. The molecule has 2 heterocycles. The van der Waals surface area contributed by atoms with Gasteiger partial charge in [-0.25, -0.2) is 8.78 Å². The van der Waals surface area contributed by atoms with E-state index >= 15 is 0 Å². The van der Waals surface area contributed by atoms with Gasteiger partial charge in [0.1, 0.15) is 0 Å². The molecule has 2 rings (SSSR count). The van der Waals surface area contributed by atoms with Crippen molar-refractivity contribution in [2.24, 2.45) is 0 Å². The molecular weight excluding hydrogens is 318 g/mol. The SMILES string of the molecule is CCN(CC)C(=O)CN1CCCN(C(=O)C2CC(F)(F)CN2)CC1. The maximum absolute atomic E-state index is 13.3.